The smallest absolute Gasteiger partial charge is 0.0635 e. The molecule has 1 saturated carbocycles. The lowest BCUT2D eigenvalue weighted by Crippen LogP contribution is -2.51. The van der Waals surface area contributed by atoms with Crippen molar-refractivity contribution in [3.8, 4) is 0 Å². The highest BCUT2D eigenvalue weighted by Crippen LogP contribution is 2.63. The van der Waals surface area contributed by atoms with E-state index >= 15 is 0 Å². The van der Waals surface area contributed by atoms with E-state index in [1.807, 2.05) is 0 Å². The molecule has 100 valence electrons. The molecule has 0 aromatic heterocycles. The summed E-state index contributed by atoms with van der Waals surface area (Å²) in [5.41, 5.74) is 0.0350. The van der Waals surface area contributed by atoms with E-state index in [1.54, 1.807) is 0 Å². The summed E-state index contributed by atoms with van der Waals surface area (Å²) >= 11 is 0. The van der Waals surface area contributed by atoms with Gasteiger partial charge in [-0.25, -0.2) is 0 Å². The Labute approximate surface area is 118 Å². The molecule has 18 heavy (non-hydrogen) atoms. The van der Waals surface area contributed by atoms with E-state index in [-0.39, 0.29) is 10.8 Å². The van der Waals surface area contributed by atoms with Gasteiger partial charge in [-0.15, -0.1) is 0 Å². The van der Waals surface area contributed by atoms with Crippen molar-refractivity contribution in [3.05, 3.63) is 0 Å². The molecule has 1 rings (SSSR count). The lowest BCUT2D eigenvalue weighted by molar-refractivity contribution is 0.00890. The summed E-state index contributed by atoms with van der Waals surface area (Å²) in [5, 5.41) is -0.590. The van der Waals surface area contributed by atoms with Gasteiger partial charge in [0.25, 0.3) is 0 Å². The first kappa shape index (κ1) is 16.2. The first-order chi connectivity index (χ1) is 8.12. The lowest BCUT2D eigenvalue weighted by Gasteiger charge is -2.61. The van der Waals surface area contributed by atoms with Crippen molar-refractivity contribution in [2.24, 2.45) is 22.7 Å². The highest BCUT2D eigenvalue weighted by Gasteiger charge is 2.52. The molecule has 0 aliphatic heterocycles. The average molecular weight is 244 g/mol. The van der Waals surface area contributed by atoms with Crippen LogP contribution in [0.4, 0.5) is 0 Å². The Kier molecular flexibility index (Phi) is 4.72. The third-order valence-electron chi connectivity index (χ3n) is 5.90. The second kappa shape index (κ2) is 5.25. The second-order valence-corrected chi connectivity index (χ2v) is 7.58. The van der Waals surface area contributed by atoms with Gasteiger partial charge in [-0.1, -0.05) is 59.6 Å². The number of hydrogen-bond acceptors (Lipinski definition) is 0. The summed E-state index contributed by atoms with van der Waals surface area (Å²) in [7, 11) is 13.3. The van der Waals surface area contributed by atoms with Crippen LogP contribution in [0.25, 0.3) is 0 Å². The van der Waals surface area contributed by atoms with Crippen LogP contribution < -0.4 is 0 Å². The lowest BCUT2D eigenvalue weighted by atomic mass is 9.29. The van der Waals surface area contributed by atoms with Crippen LogP contribution in [0.15, 0.2) is 0 Å². The topological polar surface area (TPSA) is 0 Å². The van der Waals surface area contributed by atoms with Gasteiger partial charge in [0.05, 0.1) is 15.7 Å². The van der Waals surface area contributed by atoms with Gasteiger partial charge in [-0.3, -0.25) is 0 Å². The molecule has 0 spiro atoms. The van der Waals surface area contributed by atoms with E-state index in [2.05, 4.69) is 41.5 Å². The van der Waals surface area contributed by atoms with E-state index in [0.717, 1.165) is 12.3 Å². The van der Waals surface area contributed by atoms with Crippen molar-refractivity contribution >= 4 is 15.7 Å². The van der Waals surface area contributed by atoms with Crippen LogP contribution in [0.3, 0.4) is 0 Å². The van der Waals surface area contributed by atoms with Crippen LogP contribution >= 0.6 is 0 Å². The molecule has 1 aliphatic carbocycles. The summed E-state index contributed by atoms with van der Waals surface area (Å²) in [6, 6.07) is 0. The Morgan fingerprint density at radius 3 is 2.06 bits per heavy atom. The Hall–Kier alpha value is 0.130. The van der Waals surface area contributed by atoms with E-state index in [1.165, 1.54) is 25.7 Å². The summed E-state index contributed by atoms with van der Waals surface area (Å²) in [6.07, 6.45) is 6.15. The van der Waals surface area contributed by atoms with Crippen LogP contribution in [-0.2, 0) is 0 Å². The predicted octanol–water partition coefficient (Wildman–Crippen LogP) is 4.73. The fourth-order valence-corrected chi connectivity index (χ4v) is 4.10. The summed E-state index contributed by atoms with van der Waals surface area (Å²) in [4.78, 5) is 0. The monoisotopic (exact) mass is 244 g/mol. The normalized spacial score (nSPS) is 34.6. The molecule has 0 aromatic rings. The zero-order valence-corrected chi connectivity index (χ0v) is 13.3. The van der Waals surface area contributed by atoms with Crippen LogP contribution in [0.1, 0.15) is 73.6 Å². The SMILES string of the molecule is [B]C([B])(C(C)(C)C)C1(CC)CCC(CC)CC1C. The van der Waals surface area contributed by atoms with Gasteiger partial charge in [0.2, 0.25) is 0 Å². The molecule has 0 aromatic carbocycles. The maximum absolute atomic E-state index is 6.67. The van der Waals surface area contributed by atoms with Crippen molar-refractivity contribution in [3.63, 3.8) is 0 Å². The van der Waals surface area contributed by atoms with Gasteiger partial charge >= 0.3 is 0 Å². The van der Waals surface area contributed by atoms with Gasteiger partial charge in [0, 0.05) is 0 Å². The Morgan fingerprint density at radius 1 is 1.17 bits per heavy atom. The molecule has 0 heterocycles. The van der Waals surface area contributed by atoms with E-state index in [0.29, 0.717) is 5.92 Å². The van der Waals surface area contributed by atoms with Gasteiger partial charge in [-0.2, -0.15) is 0 Å². The molecule has 0 bridgehead atoms. The van der Waals surface area contributed by atoms with Crippen LogP contribution in [0, 0.1) is 22.7 Å². The van der Waals surface area contributed by atoms with Gasteiger partial charge in [0.15, 0.2) is 0 Å². The van der Waals surface area contributed by atoms with Crippen molar-refractivity contribution < 1.29 is 0 Å². The Bertz CT molecular complexity index is 277. The largest absolute Gasteiger partial charge is 0.0887 e. The van der Waals surface area contributed by atoms with Crippen molar-refractivity contribution in [1.82, 2.24) is 0 Å². The molecular weight excluding hydrogens is 214 g/mol. The number of hydrogen-bond donors (Lipinski definition) is 0. The van der Waals surface area contributed by atoms with E-state index in [4.69, 9.17) is 15.7 Å². The molecule has 0 N–H and O–H groups in total. The van der Waals surface area contributed by atoms with Gasteiger partial charge in [-0.05, 0) is 41.9 Å². The van der Waals surface area contributed by atoms with Crippen molar-refractivity contribution in [2.75, 3.05) is 0 Å². The van der Waals surface area contributed by atoms with E-state index < -0.39 is 5.21 Å². The molecule has 2 heteroatoms. The molecular formula is C16H30B2. The second-order valence-electron chi connectivity index (χ2n) is 7.58. The van der Waals surface area contributed by atoms with Gasteiger partial charge in [0.1, 0.15) is 0 Å². The zero-order chi connectivity index (χ0) is 14.2. The minimum absolute atomic E-state index is 0.0592. The molecule has 1 fully saturated rings. The standard InChI is InChI=1S/C16H30B2/c1-7-13-9-10-15(8-2,12(3)11-13)16(17,18)14(4,5)6/h12-13H,7-11H2,1-6H3. The molecule has 0 amide bonds. The minimum Gasteiger partial charge on any atom is -0.0887 e. The fourth-order valence-electron chi connectivity index (χ4n) is 4.10. The predicted molar refractivity (Wildman–Crippen MR) is 83.2 cm³/mol. The van der Waals surface area contributed by atoms with Crippen molar-refractivity contribution in [1.29, 1.82) is 0 Å². The first-order valence-corrected chi connectivity index (χ1v) is 7.70. The van der Waals surface area contributed by atoms with Crippen LogP contribution in [0.5, 0.6) is 0 Å². The molecule has 3 atom stereocenters. The third-order valence-corrected chi connectivity index (χ3v) is 5.90. The zero-order valence-electron chi connectivity index (χ0n) is 13.3. The highest BCUT2D eigenvalue weighted by molar-refractivity contribution is 6.41. The minimum atomic E-state index is -0.590. The van der Waals surface area contributed by atoms with Gasteiger partial charge < -0.3 is 0 Å². The number of rotatable bonds is 3. The quantitative estimate of drug-likeness (QED) is 0.629. The van der Waals surface area contributed by atoms with Crippen LogP contribution in [-0.4, -0.2) is 15.7 Å². The van der Waals surface area contributed by atoms with E-state index in [9.17, 15) is 0 Å². The highest BCUT2D eigenvalue weighted by atomic mass is 14.5. The fraction of sp³-hybridized carbons (Fsp3) is 1.00. The van der Waals surface area contributed by atoms with Crippen LogP contribution in [0.2, 0.25) is 5.21 Å². The molecule has 0 nitrogen and oxygen atoms in total. The maximum atomic E-state index is 6.67. The summed E-state index contributed by atoms with van der Waals surface area (Å²) < 4.78 is 0. The summed E-state index contributed by atoms with van der Waals surface area (Å²) in [6.45, 7) is 13.5. The molecule has 3 unspecified atom stereocenters. The molecule has 0 saturated heterocycles. The Morgan fingerprint density at radius 2 is 1.72 bits per heavy atom. The first-order valence-electron chi connectivity index (χ1n) is 7.70. The summed E-state index contributed by atoms with van der Waals surface area (Å²) in [5.74, 6) is 1.49. The molecule has 1 aliphatic rings. The molecule has 4 radical (unpaired) electrons. The van der Waals surface area contributed by atoms with Crippen molar-refractivity contribution in [2.45, 2.75) is 78.9 Å². The Balaban J connectivity index is 3.07. The average Bonchev–Trinajstić information content (AvgIpc) is 2.27. The third kappa shape index (κ3) is 2.41. The maximum Gasteiger partial charge on any atom is 0.0635 e.